The van der Waals surface area contributed by atoms with Gasteiger partial charge < -0.3 is 10.1 Å². The molecule has 0 fully saturated rings. The molecule has 0 aliphatic rings. The Morgan fingerprint density at radius 2 is 2.15 bits per heavy atom. The highest BCUT2D eigenvalue weighted by Gasteiger charge is 2.15. The SMILES string of the molecule is CCCCOCCNS(=O)(=O)c1cnn(CCNC)c1. The van der Waals surface area contributed by atoms with Crippen molar-refractivity contribution in [2.75, 3.05) is 33.4 Å². The van der Waals surface area contributed by atoms with Gasteiger partial charge in [-0.25, -0.2) is 13.1 Å². The average molecular weight is 304 g/mol. The van der Waals surface area contributed by atoms with Gasteiger partial charge in [0.15, 0.2) is 0 Å². The van der Waals surface area contributed by atoms with Crippen LogP contribution in [0.2, 0.25) is 0 Å². The predicted octanol–water partition coefficient (Wildman–Crippen LogP) is 0.198. The number of ether oxygens (including phenoxy) is 1. The van der Waals surface area contributed by atoms with Gasteiger partial charge in [0, 0.05) is 25.9 Å². The van der Waals surface area contributed by atoms with Crippen LogP contribution in [-0.4, -0.2) is 51.5 Å². The molecule has 1 heterocycles. The molecule has 1 aromatic heterocycles. The van der Waals surface area contributed by atoms with Gasteiger partial charge in [-0.3, -0.25) is 4.68 Å². The number of hydrogen-bond acceptors (Lipinski definition) is 5. The summed E-state index contributed by atoms with van der Waals surface area (Å²) in [6.07, 6.45) is 4.94. The van der Waals surface area contributed by atoms with Crippen LogP contribution in [0.25, 0.3) is 0 Å². The molecule has 0 unspecified atom stereocenters. The summed E-state index contributed by atoms with van der Waals surface area (Å²) in [4.78, 5) is 0.183. The summed E-state index contributed by atoms with van der Waals surface area (Å²) in [5.41, 5.74) is 0. The second-order valence-corrected chi connectivity index (χ2v) is 6.17. The first-order valence-corrected chi connectivity index (χ1v) is 8.33. The average Bonchev–Trinajstić information content (AvgIpc) is 2.90. The molecule has 7 nitrogen and oxygen atoms in total. The third kappa shape index (κ3) is 6.00. The first-order valence-electron chi connectivity index (χ1n) is 6.84. The lowest BCUT2D eigenvalue weighted by Crippen LogP contribution is -2.27. The van der Waals surface area contributed by atoms with Crippen LogP contribution >= 0.6 is 0 Å². The first kappa shape index (κ1) is 17.1. The summed E-state index contributed by atoms with van der Waals surface area (Å²) >= 11 is 0. The van der Waals surface area contributed by atoms with Gasteiger partial charge in [0.2, 0.25) is 10.0 Å². The zero-order valence-electron chi connectivity index (χ0n) is 12.1. The predicted molar refractivity (Wildman–Crippen MR) is 77.1 cm³/mol. The Morgan fingerprint density at radius 3 is 2.85 bits per heavy atom. The largest absolute Gasteiger partial charge is 0.380 e. The molecule has 0 aliphatic heterocycles. The zero-order chi connectivity index (χ0) is 14.8. The van der Waals surface area contributed by atoms with Crippen molar-refractivity contribution >= 4 is 10.0 Å². The van der Waals surface area contributed by atoms with Gasteiger partial charge in [-0.2, -0.15) is 5.10 Å². The van der Waals surface area contributed by atoms with Crippen molar-refractivity contribution < 1.29 is 13.2 Å². The monoisotopic (exact) mass is 304 g/mol. The molecule has 116 valence electrons. The van der Waals surface area contributed by atoms with Crippen LogP contribution in [0.4, 0.5) is 0 Å². The molecule has 20 heavy (non-hydrogen) atoms. The summed E-state index contributed by atoms with van der Waals surface area (Å²) in [5.74, 6) is 0. The smallest absolute Gasteiger partial charge is 0.243 e. The molecule has 0 aromatic carbocycles. The lowest BCUT2D eigenvalue weighted by atomic mass is 10.4. The lowest BCUT2D eigenvalue weighted by Gasteiger charge is -2.05. The van der Waals surface area contributed by atoms with Gasteiger partial charge in [-0.1, -0.05) is 13.3 Å². The quantitative estimate of drug-likeness (QED) is 0.570. The van der Waals surface area contributed by atoms with E-state index in [9.17, 15) is 8.42 Å². The number of rotatable bonds is 11. The van der Waals surface area contributed by atoms with Crippen molar-refractivity contribution in [1.82, 2.24) is 19.8 Å². The van der Waals surface area contributed by atoms with Crippen LogP contribution < -0.4 is 10.0 Å². The van der Waals surface area contributed by atoms with E-state index in [2.05, 4.69) is 22.1 Å². The molecular formula is C12H24N4O3S. The van der Waals surface area contributed by atoms with Gasteiger partial charge in [0.1, 0.15) is 4.90 Å². The molecule has 8 heteroatoms. The minimum atomic E-state index is -3.49. The fourth-order valence-corrected chi connectivity index (χ4v) is 2.48. The summed E-state index contributed by atoms with van der Waals surface area (Å²) < 4.78 is 33.4. The van der Waals surface area contributed by atoms with E-state index in [0.717, 1.165) is 19.4 Å². The van der Waals surface area contributed by atoms with Crippen molar-refractivity contribution in [3.05, 3.63) is 12.4 Å². The summed E-state index contributed by atoms with van der Waals surface area (Å²) in [5, 5.41) is 7.00. The molecule has 0 bridgehead atoms. The minimum Gasteiger partial charge on any atom is -0.380 e. The second-order valence-electron chi connectivity index (χ2n) is 4.41. The van der Waals surface area contributed by atoms with E-state index in [1.807, 2.05) is 7.05 Å². The van der Waals surface area contributed by atoms with Crippen LogP contribution in [0.1, 0.15) is 19.8 Å². The third-order valence-corrected chi connectivity index (χ3v) is 4.11. The Labute approximate surface area is 120 Å². The van der Waals surface area contributed by atoms with Crippen molar-refractivity contribution in [3.63, 3.8) is 0 Å². The van der Waals surface area contributed by atoms with Crippen LogP contribution in [0, 0.1) is 0 Å². The van der Waals surface area contributed by atoms with Crippen LogP contribution in [0.3, 0.4) is 0 Å². The fourth-order valence-electron chi connectivity index (χ4n) is 1.51. The zero-order valence-corrected chi connectivity index (χ0v) is 12.9. The van der Waals surface area contributed by atoms with Gasteiger partial charge in [0.05, 0.1) is 19.3 Å². The molecule has 0 radical (unpaired) electrons. The number of sulfonamides is 1. The summed E-state index contributed by atoms with van der Waals surface area (Å²) in [6.45, 7) is 4.77. The Bertz CT molecular complexity index is 473. The minimum absolute atomic E-state index is 0.183. The highest BCUT2D eigenvalue weighted by Crippen LogP contribution is 2.06. The van der Waals surface area contributed by atoms with Gasteiger partial charge in [-0.05, 0) is 13.5 Å². The number of nitrogens with zero attached hydrogens (tertiary/aromatic N) is 2. The first-order chi connectivity index (χ1) is 9.60. The van der Waals surface area contributed by atoms with E-state index < -0.39 is 10.0 Å². The number of hydrogen-bond donors (Lipinski definition) is 2. The van der Waals surface area contributed by atoms with Crippen molar-refractivity contribution in [3.8, 4) is 0 Å². The standard InChI is InChI=1S/C12H24N4O3S/c1-3-4-8-19-9-6-15-20(17,18)12-10-14-16(11-12)7-5-13-2/h10-11,13,15H,3-9H2,1-2H3. The Kier molecular flexibility index (Phi) is 7.75. The fraction of sp³-hybridized carbons (Fsp3) is 0.750. The number of nitrogens with one attached hydrogen (secondary N) is 2. The van der Waals surface area contributed by atoms with Crippen LogP contribution in [-0.2, 0) is 21.3 Å². The van der Waals surface area contributed by atoms with Crippen LogP contribution in [0.5, 0.6) is 0 Å². The lowest BCUT2D eigenvalue weighted by molar-refractivity contribution is 0.136. The maximum atomic E-state index is 12.0. The highest BCUT2D eigenvalue weighted by atomic mass is 32.2. The van der Waals surface area contributed by atoms with Gasteiger partial charge in [-0.15, -0.1) is 0 Å². The highest BCUT2D eigenvalue weighted by molar-refractivity contribution is 7.89. The van der Waals surface area contributed by atoms with Crippen LogP contribution in [0.15, 0.2) is 17.3 Å². The molecule has 0 aliphatic carbocycles. The van der Waals surface area contributed by atoms with Crippen molar-refractivity contribution in [1.29, 1.82) is 0 Å². The maximum Gasteiger partial charge on any atom is 0.243 e. The molecule has 0 amide bonds. The van der Waals surface area contributed by atoms with E-state index in [-0.39, 0.29) is 11.4 Å². The summed E-state index contributed by atoms with van der Waals surface area (Å²) in [6, 6.07) is 0. The summed E-state index contributed by atoms with van der Waals surface area (Å²) in [7, 11) is -1.66. The molecule has 1 aromatic rings. The number of unbranched alkanes of at least 4 members (excludes halogenated alkanes) is 1. The molecule has 0 spiro atoms. The Hall–Kier alpha value is -0.960. The Morgan fingerprint density at radius 1 is 1.35 bits per heavy atom. The molecule has 0 saturated heterocycles. The molecule has 2 N–H and O–H groups in total. The topological polar surface area (TPSA) is 85.2 Å². The van der Waals surface area contributed by atoms with Gasteiger partial charge in [0.25, 0.3) is 0 Å². The maximum absolute atomic E-state index is 12.0. The van der Waals surface area contributed by atoms with Crippen molar-refractivity contribution in [2.24, 2.45) is 0 Å². The van der Waals surface area contributed by atoms with Crippen molar-refractivity contribution in [2.45, 2.75) is 31.2 Å². The number of likely N-dealkylation sites (N-methyl/N-ethyl adjacent to an activating group) is 1. The van der Waals surface area contributed by atoms with E-state index in [1.165, 1.54) is 12.4 Å². The second kappa shape index (κ2) is 9.06. The number of aromatic nitrogens is 2. The van der Waals surface area contributed by atoms with E-state index >= 15 is 0 Å². The molecule has 0 atom stereocenters. The van der Waals surface area contributed by atoms with E-state index in [0.29, 0.717) is 19.8 Å². The Balaban J connectivity index is 2.38. The van der Waals surface area contributed by atoms with E-state index in [1.54, 1.807) is 4.68 Å². The van der Waals surface area contributed by atoms with Gasteiger partial charge >= 0.3 is 0 Å². The molecule has 1 rings (SSSR count). The normalized spacial score (nSPS) is 11.9. The van der Waals surface area contributed by atoms with E-state index in [4.69, 9.17) is 4.74 Å². The third-order valence-electron chi connectivity index (χ3n) is 2.69. The molecular weight excluding hydrogens is 280 g/mol. The molecule has 0 saturated carbocycles.